The summed E-state index contributed by atoms with van der Waals surface area (Å²) in [5.74, 6) is 1.82. The fourth-order valence-electron chi connectivity index (χ4n) is 3.95. The van der Waals surface area contributed by atoms with Gasteiger partial charge in [0.25, 0.3) is 5.19 Å². The molecule has 31 heavy (non-hydrogen) atoms. The van der Waals surface area contributed by atoms with Crippen molar-refractivity contribution in [3.8, 4) is 10.9 Å². The molecule has 0 bridgehead atoms. The van der Waals surface area contributed by atoms with E-state index in [0.717, 1.165) is 47.9 Å². The highest BCUT2D eigenvalue weighted by atomic mass is 32.1. The zero-order valence-electron chi connectivity index (χ0n) is 18.5. The number of likely N-dealkylation sites (tertiary alicyclic amines) is 1. The van der Waals surface area contributed by atoms with Crippen molar-refractivity contribution in [3.05, 3.63) is 65.0 Å². The first-order valence-corrected chi connectivity index (χ1v) is 11.9. The van der Waals surface area contributed by atoms with Gasteiger partial charge in [-0.15, -0.1) is 0 Å². The lowest BCUT2D eigenvalue weighted by atomic mass is 9.96. The summed E-state index contributed by atoms with van der Waals surface area (Å²) in [6, 6.07) is 14.6. The first-order chi connectivity index (χ1) is 15.1. The minimum atomic E-state index is 0.184. The topological polar surface area (TPSA) is 50.6 Å². The molecule has 2 aromatic carbocycles. The van der Waals surface area contributed by atoms with Crippen molar-refractivity contribution >= 4 is 23.6 Å². The molecule has 0 spiro atoms. The van der Waals surface area contributed by atoms with Gasteiger partial charge in [0.05, 0.1) is 12.0 Å². The Morgan fingerprint density at radius 3 is 2.61 bits per heavy atom. The van der Waals surface area contributed by atoms with Gasteiger partial charge in [0.2, 0.25) is 0 Å². The lowest BCUT2D eigenvalue weighted by Crippen LogP contribution is -2.28. The van der Waals surface area contributed by atoms with Crippen molar-refractivity contribution in [2.45, 2.75) is 52.4 Å². The van der Waals surface area contributed by atoms with Gasteiger partial charge in [-0.25, -0.2) is 4.99 Å². The van der Waals surface area contributed by atoms with Gasteiger partial charge in [-0.3, -0.25) is 0 Å². The van der Waals surface area contributed by atoms with E-state index < -0.39 is 0 Å². The van der Waals surface area contributed by atoms with Crippen LogP contribution in [-0.4, -0.2) is 33.7 Å². The molecule has 3 aromatic rings. The van der Waals surface area contributed by atoms with Gasteiger partial charge in [0, 0.05) is 30.5 Å². The highest BCUT2D eigenvalue weighted by Gasteiger charge is 2.18. The third kappa shape index (κ3) is 5.31. The Bertz CT molecular complexity index is 1030. The fourth-order valence-corrected chi connectivity index (χ4v) is 4.55. The summed E-state index contributed by atoms with van der Waals surface area (Å²) >= 11 is 1.31. The summed E-state index contributed by atoms with van der Waals surface area (Å²) < 4.78 is 10.7. The van der Waals surface area contributed by atoms with Crippen LogP contribution in [0.5, 0.6) is 10.9 Å². The van der Waals surface area contributed by atoms with Crippen molar-refractivity contribution in [1.29, 1.82) is 0 Å². The predicted molar refractivity (Wildman–Crippen MR) is 128 cm³/mol. The minimum absolute atomic E-state index is 0.184. The summed E-state index contributed by atoms with van der Waals surface area (Å²) in [5, 5.41) is 0.580. The molecule has 0 saturated carbocycles. The van der Waals surface area contributed by atoms with Crippen molar-refractivity contribution in [2.24, 2.45) is 4.99 Å². The molecule has 0 radical (unpaired) electrons. The maximum Gasteiger partial charge on any atom is 0.298 e. The summed E-state index contributed by atoms with van der Waals surface area (Å²) in [7, 11) is 0. The Hall–Kier alpha value is -2.73. The number of nitrogens with zero attached hydrogens (tertiary/aromatic N) is 4. The third-order valence-corrected chi connectivity index (χ3v) is 6.40. The number of ether oxygens (including phenoxy) is 1. The number of aromatic nitrogens is 2. The molecule has 0 N–H and O–H groups in total. The number of piperidine rings is 1. The summed E-state index contributed by atoms with van der Waals surface area (Å²) in [6.07, 6.45) is 6.77. The highest BCUT2D eigenvalue weighted by molar-refractivity contribution is 7.07. The van der Waals surface area contributed by atoms with E-state index in [0.29, 0.717) is 5.19 Å². The molecule has 6 heteroatoms. The number of rotatable bonds is 7. The quantitative estimate of drug-likeness (QED) is 0.309. The van der Waals surface area contributed by atoms with Gasteiger partial charge < -0.3 is 9.64 Å². The number of benzene rings is 2. The lowest BCUT2D eigenvalue weighted by Gasteiger charge is -2.23. The molecular weight excluding hydrogens is 404 g/mol. The van der Waals surface area contributed by atoms with E-state index in [1.807, 2.05) is 18.5 Å². The van der Waals surface area contributed by atoms with Crippen LogP contribution in [0.3, 0.4) is 0 Å². The molecule has 2 heterocycles. The molecule has 1 unspecified atom stereocenters. The monoisotopic (exact) mass is 434 g/mol. The average molecular weight is 435 g/mol. The summed E-state index contributed by atoms with van der Waals surface area (Å²) in [6.45, 7) is 8.49. The second-order valence-electron chi connectivity index (χ2n) is 8.14. The Labute approximate surface area is 189 Å². The molecule has 1 fully saturated rings. The van der Waals surface area contributed by atoms with Crippen molar-refractivity contribution in [2.75, 3.05) is 13.1 Å². The first kappa shape index (κ1) is 21.5. The average Bonchev–Trinajstić information content (AvgIpc) is 3.25. The zero-order chi connectivity index (χ0) is 21.6. The van der Waals surface area contributed by atoms with Gasteiger partial charge in [0.1, 0.15) is 5.75 Å². The normalized spacial score (nSPS) is 15.4. The Kier molecular flexibility index (Phi) is 6.97. The molecule has 162 valence electrons. The minimum Gasteiger partial charge on any atom is -0.430 e. The van der Waals surface area contributed by atoms with Crippen LogP contribution in [0.1, 0.15) is 61.0 Å². The van der Waals surface area contributed by atoms with Crippen LogP contribution in [0.25, 0.3) is 0 Å². The van der Waals surface area contributed by atoms with E-state index >= 15 is 0 Å². The van der Waals surface area contributed by atoms with E-state index in [2.05, 4.69) is 60.4 Å². The standard InChI is InChI=1S/C25H30N4OS/c1-4-21(20-11-7-5-8-12-20)24-27-25(31-28-24)30-23-16-18(2)22(15-19(23)3)26-17-29-13-9-6-10-14-29/h5,7-8,11-12,15-17,21H,4,6,9-10,13-14H2,1-3H3. The summed E-state index contributed by atoms with van der Waals surface area (Å²) in [5.41, 5.74) is 4.36. The molecule has 1 aromatic heterocycles. The lowest BCUT2D eigenvalue weighted by molar-refractivity contribution is 0.351. The molecule has 1 atom stereocenters. The van der Waals surface area contributed by atoms with Crippen molar-refractivity contribution < 1.29 is 4.74 Å². The molecule has 5 nitrogen and oxygen atoms in total. The van der Waals surface area contributed by atoms with Crippen LogP contribution < -0.4 is 4.74 Å². The fraction of sp³-hybridized carbons (Fsp3) is 0.400. The molecule has 4 rings (SSSR count). The van der Waals surface area contributed by atoms with Gasteiger partial charge >= 0.3 is 0 Å². The smallest absolute Gasteiger partial charge is 0.298 e. The van der Waals surface area contributed by atoms with Gasteiger partial charge in [-0.2, -0.15) is 9.36 Å². The molecule has 1 aliphatic rings. The van der Waals surface area contributed by atoms with E-state index in [1.54, 1.807) is 0 Å². The molecular formula is C25H30N4OS. The Morgan fingerprint density at radius 1 is 1.10 bits per heavy atom. The second kappa shape index (κ2) is 10.1. The van der Waals surface area contributed by atoms with E-state index in [4.69, 9.17) is 14.7 Å². The van der Waals surface area contributed by atoms with Crippen LogP contribution in [0.15, 0.2) is 47.5 Å². The van der Waals surface area contributed by atoms with Crippen LogP contribution in [0, 0.1) is 13.8 Å². The van der Waals surface area contributed by atoms with Gasteiger partial charge in [-0.05, 0) is 68.4 Å². The van der Waals surface area contributed by atoms with Crippen LogP contribution in [0.4, 0.5) is 5.69 Å². The largest absolute Gasteiger partial charge is 0.430 e. The third-order valence-electron chi connectivity index (χ3n) is 5.79. The number of hydrogen-bond acceptors (Lipinski definition) is 5. The summed E-state index contributed by atoms with van der Waals surface area (Å²) in [4.78, 5) is 11.7. The molecule has 0 amide bonds. The van der Waals surface area contributed by atoms with Crippen molar-refractivity contribution in [3.63, 3.8) is 0 Å². The Balaban J connectivity index is 1.48. The highest BCUT2D eigenvalue weighted by Crippen LogP contribution is 2.34. The number of hydrogen-bond donors (Lipinski definition) is 0. The van der Waals surface area contributed by atoms with Gasteiger partial charge in [0.15, 0.2) is 5.82 Å². The zero-order valence-corrected chi connectivity index (χ0v) is 19.4. The first-order valence-electron chi connectivity index (χ1n) is 11.1. The maximum absolute atomic E-state index is 6.13. The SMILES string of the molecule is CCC(c1ccccc1)c1nsc(Oc2cc(C)c(N=CN3CCCCC3)cc2C)n1. The number of aryl methyl sites for hydroxylation is 2. The van der Waals surface area contributed by atoms with E-state index in [-0.39, 0.29) is 5.92 Å². The predicted octanol–water partition coefficient (Wildman–Crippen LogP) is 6.63. The number of aliphatic imine (C=N–C) groups is 1. The Morgan fingerprint density at radius 2 is 1.87 bits per heavy atom. The molecule has 0 aliphatic carbocycles. The van der Waals surface area contributed by atoms with Crippen LogP contribution in [-0.2, 0) is 0 Å². The van der Waals surface area contributed by atoms with Crippen LogP contribution >= 0.6 is 11.5 Å². The van der Waals surface area contributed by atoms with E-state index in [1.165, 1.54) is 36.4 Å². The second-order valence-corrected chi connectivity index (χ2v) is 8.85. The molecule has 1 aliphatic heterocycles. The van der Waals surface area contributed by atoms with Crippen molar-refractivity contribution in [1.82, 2.24) is 14.3 Å². The van der Waals surface area contributed by atoms with Gasteiger partial charge in [-0.1, -0.05) is 37.3 Å². The molecule has 1 saturated heterocycles. The van der Waals surface area contributed by atoms with E-state index in [9.17, 15) is 0 Å². The maximum atomic E-state index is 6.13. The van der Waals surface area contributed by atoms with Crippen LogP contribution in [0.2, 0.25) is 0 Å².